The predicted molar refractivity (Wildman–Crippen MR) is 67.9 cm³/mol. The molecule has 0 amide bonds. The van der Waals surface area contributed by atoms with Crippen molar-refractivity contribution in [3.8, 4) is 0 Å². The van der Waals surface area contributed by atoms with E-state index in [0.29, 0.717) is 6.04 Å². The quantitative estimate of drug-likeness (QED) is 0.359. The van der Waals surface area contributed by atoms with E-state index in [0.717, 1.165) is 6.54 Å². The predicted octanol–water partition coefficient (Wildman–Crippen LogP) is 2.12. The van der Waals surface area contributed by atoms with Gasteiger partial charge in [0.1, 0.15) is 5.84 Å². The van der Waals surface area contributed by atoms with Crippen molar-refractivity contribution >= 4 is 17.2 Å². The van der Waals surface area contributed by atoms with Gasteiger partial charge in [0, 0.05) is 23.4 Å². The molecule has 90 valence electrons. The van der Waals surface area contributed by atoms with Crippen LogP contribution in [0.15, 0.2) is 22.7 Å². The van der Waals surface area contributed by atoms with Crippen molar-refractivity contribution in [2.45, 2.75) is 19.9 Å². The van der Waals surface area contributed by atoms with Crippen molar-refractivity contribution in [1.29, 1.82) is 0 Å². The van der Waals surface area contributed by atoms with Crippen molar-refractivity contribution in [2.24, 2.45) is 16.8 Å². The first-order chi connectivity index (χ1) is 7.56. The first kappa shape index (κ1) is 13.0. The highest BCUT2D eigenvalue weighted by atomic mass is 32.1. The van der Waals surface area contributed by atoms with Crippen molar-refractivity contribution in [3.05, 3.63) is 22.4 Å². The lowest BCUT2D eigenvalue weighted by Gasteiger charge is -2.26. The molecule has 1 aromatic heterocycles. The van der Waals surface area contributed by atoms with Gasteiger partial charge in [-0.15, -0.1) is 11.3 Å². The molecule has 16 heavy (non-hydrogen) atoms. The summed E-state index contributed by atoms with van der Waals surface area (Å²) in [6.45, 7) is 4.88. The Hall–Kier alpha value is -1.07. The van der Waals surface area contributed by atoms with E-state index < -0.39 is 0 Å². The number of rotatable bonds is 5. The van der Waals surface area contributed by atoms with Gasteiger partial charge in [0.15, 0.2) is 0 Å². The Labute approximate surface area is 100 Å². The fourth-order valence-corrected chi connectivity index (χ4v) is 2.38. The molecule has 0 spiro atoms. The zero-order valence-electron chi connectivity index (χ0n) is 9.92. The van der Waals surface area contributed by atoms with Crippen LogP contribution in [0.1, 0.15) is 24.8 Å². The standard InChI is InChI=1S/C11H19N3OS/c1-8(11(12)13-15)7-14(3)9(2)10-5-4-6-16-10/h4-6,8-9,15H,7H2,1-3H3,(H2,12,13). The molecule has 0 bridgehead atoms. The molecule has 3 N–H and O–H groups in total. The maximum atomic E-state index is 8.59. The number of nitrogens with two attached hydrogens (primary N) is 1. The lowest BCUT2D eigenvalue weighted by atomic mass is 10.1. The van der Waals surface area contributed by atoms with Crippen molar-refractivity contribution in [3.63, 3.8) is 0 Å². The smallest absolute Gasteiger partial charge is 0.143 e. The van der Waals surface area contributed by atoms with Gasteiger partial charge in [-0.2, -0.15) is 0 Å². The molecular formula is C11H19N3OS. The second-order valence-electron chi connectivity index (χ2n) is 4.06. The molecule has 2 unspecified atom stereocenters. The van der Waals surface area contributed by atoms with E-state index in [1.807, 2.05) is 14.0 Å². The molecule has 5 heteroatoms. The van der Waals surface area contributed by atoms with Gasteiger partial charge in [-0.25, -0.2) is 0 Å². The molecule has 0 aromatic carbocycles. The third kappa shape index (κ3) is 3.21. The molecule has 0 saturated carbocycles. The van der Waals surface area contributed by atoms with Gasteiger partial charge in [-0.05, 0) is 25.4 Å². The lowest BCUT2D eigenvalue weighted by molar-refractivity contribution is 0.245. The molecular weight excluding hydrogens is 222 g/mol. The van der Waals surface area contributed by atoms with Gasteiger partial charge in [0.05, 0.1) is 0 Å². The number of amidine groups is 1. The summed E-state index contributed by atoms with van der Waals surface area (Å²) in [7, 11) is 2.05. The van der Waals surface area contributed by atoms with E-state index in [1.54, 1.807) is 11.3 Å². The second-order valence-corrected chi connectivity index (χ2v) is 5.04. The van der Waals surface area contributed by atoms with E-state index in [9.17, 15) is 0 Å². The van der Waals surface area contributed by atoms with E-state index in [2.05, 4.69) is 34.5 Å². The number of hydrogen-bond acceptors (Lipinski definition) is 4. The molecule has 1 aromatic rings. The number of thiophene rings is 1. The largest absolute Gasteiger partial charge is 0.409 e. The van der Waals surface area contributed by atoms with Crippen LogP contribution in [-0.4, -0.2) is 29.5 Å². The van der Waals surface area contributed by atoms with Crippen LogP contribution >= 0.6 is 11.3 Å². The van der Waals surface area contributed by atoms with Crippen LogP contribution in [0.3, 0.4) is 0 Å². The minimum atomic E-state index is 0.0532. The molecule has 4 nitrogen and oxygen atoms in total. The Morgan fingerprint density at radius 2 is 2.31 bits per heavy atom. The maximum absolute atomic E-state index is 8.59. The maximum Gasteiger partial charge on any atom is 0.143 e. The minimum Gasteiger partial charge on any atom is -0.409 e. The number of oxime groups is 1. The average Bonchev–Trinajstić information content (AvgIpc) is 2.79. The summed E-state index contributed by atoms with van der Waals surface area (Å²) in [4.78, 5) is 3.53. The zero-order chi connectivity index (χ0) is 12.1. The summed E-state index contributed by atoms with van der Waals surface area (Å²) in [6, 6.07) is 4.53. The van der Waals surface area contributed by atoms with E-state index in [1.165, 1.54) is 4.88 Å². The lowest BCUT2D eigenvalue weighted by Crippen LogP contribution is -2.33. The summed E-state index contributed by atoms with van der Waals surface area (Å²) < 4.78 is 0. The SMILES string of the molecule is CC(CN(C)C(C)c1cccs1)C(N)=NO. The fourth-order valence-electron chi connectivity index (χ4n) is 1.53. The van der Waals surface area contributed by atoms with Crippen molar-refractivity contribution < 1.29 is 5.21 Å². The van der Waals surface area contributed by atoms with E-state index >= 15 is 0 Å². The first-order valence-electron chi connectivity index (χ1n) is 5.27. The molecule has 0 radical (unpaired) electrons. The van der Waals surface area contributed by atoms with Crippen LogP contribution in [0.25, 0.3) is 0 Å². The summed E-state index contributed by atoms with van der Waals surface area (Å²) in [5, 5.41) is 13.7. The fraction of sp³-hybridized carbons (Fsp3) is 0.545. The van der Waals surface area contributed by atoms with Gasteiger partial charge >= 0.3 is 0 Å². The van der Waals surface area contributed by atoms with Crippen LogP contribution in [0.2, 0.25) is 0 Å². The third-order valence-electron chi connectivity index (χ3n) is 2.80. The summed E-state index contributed by atoms with van der Waals surface area (Å²) >= 11 is 1.75. The van der Waals surface area contributed by atoms with Crippen LogP contribution in [0, 0.1) is 5.92 Å². The molecule has 0 fully saturated rings. The van der Waals surface area contributed by atoms with E-state index in [-0.39, 0.29) is 11.8 Å². The Balaban J connectivity index is 2.55. The van der Waals surface area contributed by atoms with Crippen LogP contribution in [0.4, 0.5) is 0 Å². The van der Waals surface area contributed by atoms with Crippen LogP contribution < -0.4 is 5.73 Å². The first-order valence-corrected chi connectivity index (χ1v) is 6.15. The Morgan fingerprint density at radius 1 is 1.62 bits per heavy atom. The van der Waals surface area contributed by atoms with Gasteiger partial charge < -0.3 is 10.9 Å². The second kappa shape index (κ2) is 5.86. The molecule has 0 aliphatic rings. The Bertz CT molecular complexity index is 337. The minimum absolute atomic E-state index is 0.0532. The topological polar surface area (TPSA) is 61.8 Å². The van der Waals surface area contributed by atoms with Gasteiger partial charge in [0.25, 0.3) is 0 Å². The van der Waals surface area contributed by atoms with Crippen molar-refractivity contribution in [1.82, 2.24) is 4.90 Å². The average molecular weight is 241 g/mol. The molecule has 2 atom stereocenters. The van der Waals surface area contributed by atoms with Crippen LogP contribution in [0.5, 0.6) is 0 Å². The van der Waals surface area contributed by atoms with Gasteiger partial charge in [0.2, 0.25) is 0 Å². The van der Waals surface area contributed by atoms with E-state index in [4.69, 9.17) is 10.9 Å². The summed E-state index contributed by atoms with van der Waals surface area (Å²) in [6.07, 6.45) is 0. The Morgan fingerprint density at radius 3 is 2.81 bits per heavy atom. The summed E-state index contributed by atoms with van der Waals surface area (Å²) in [5.41, 5.74) is 5.56. The highest BCUT2D eigenvalue weighted by molar-refractivity contribution is 7.10. The summed E-state index contributed by atoms with van der Waals surface area (Å²) in [5.74, 6) is 0.336. The highest BCUT2D eigenvalue weighted by Gasteiger charge is 2.17. The molecule has 1 rings (SSSR count). The highest BCUT2D eigenvalue weighted by Crippen LogP contribution is 2.23. The third-order valence-corrected chi connectivity index (χ3v) is 3.84. The van der Waals surface area contributed by atoms with Gasteiger partial charge in [-0.3, -0.25) is 4.90 Å². The zero-order valence-corrected chi connectivity index (χ0v) is 10.7. The van der Waals surface area contributed by atoms with Crippen molar-refractivity contribution in [2.75, 3.05) is 13.6 Å². The molecule has 1 heterocycles. The Kier molecular flexibility index (Phi) is 4.76. The number of nitrogens with zero attached hydrogens (tertiary/aromatic N) is 2. The molecule has 0 aliphatic heterocycles. The molecule has 0 saturated heterocycles. The van der Waals surface area contributed by atoms with Gasteiger partial charge in [-0.1, -0.05) is 18.1 Å². The normalized spacial score (nSPS) is 16.4. The van der Waals surface area contributed by atoms with Crippen LogP contribution in [-0.2, 0) is 0 Å². The number of hydrogen-bond donors (Lipinski definition) is 2. The monoisotopic (exact) mass is 241 g/mol. The molecule has 0 aliphatic carbocycles.